The molecule has 94 valence electrons. The van der Waals surface area contributed by atoms with Gasteiger partial charge in [0, 0.05) is 22.4 Å². The molecule has 0 saturated carbocycles. The van der Waals surface area contributed by atoms with Gasteiger partial charge in [-0.1, -0.05) is 12.1 Å². The van der Waals surface area contributed by atoms with Gasteiger partial charge in [0.2, 0.25) is 0 Å². The van der Waals surface area contributed by atoms with Crippen LogP contribution < -0.4 is 4.74 Å². The fourth-order valence-corrected chi connectivity index (χ4v) is 1.96. The van der Waals surface area contributed by atoms with Crippen molar-refractivity contribution in [1.29, 1.82) is 0 Å². The van der Waals surface area contributed by atoms with Gasteiger partial charge in [-0.2, -0.15) is 0 Å². The molecule has 1 heterocycles. The highest BCUT2D eigenvalue weighted by Gasteiger charge is 2.01. The minimum absolute atomic E-state index is 0.451. The highest BCUT2D eigenvalue weighted by Crippen LogP contribution is 2.18. The van der Waals surface area contributed by atoms with Crippen molar-refractivity contribution in [3.8, 4) is 5.75 Å². The van der Waals surface area contributed by atoms with E-state index in [0.29, 0.717) is 6.61 Å². The third kappa shape index (κ3) is 3.55. The van der Waals surface area contributed by atoms with Crippen LogP contribution in [0.4, 0.5) is 0 Å². The second kappa shape index (κ2) is 5.98. The largest absolute Gasteiger partial charge is 0.489 e. The Labute approximate surface area is 115 Å². The van der Waals surface area contributed by atoms with Crippen LogP contribution in [-0.4, -0.2) is 10.1 Å². The standard InChI is InChI=1S/C14H14BrNO2/c1-10(17)12-2-4-14(5-3-12)18-9-11-6-13(15)8-16-7-11/h2-8,10,17H,9H2,1H3. The Morgan fingerprint density at radius 2 is 2.00 bits per heavy atom. The first kappa shape index (κ1) is 13.1. The van der Waals surface area contributed by atoms with Crippen LogP contribution in [0.1, 0.15) is 24.2 Å². The number of hydrogen-bond acceptors (Lipinski definition) is 3. The zero-order chi connectivity index (χ0) is 13.0. The first-order valence-electron chi connectivity index (χ1n) is 5.65. The van der Waals surface area contributed by atoms with Crippen LogP contribution in [0.5, 0.6) is 5.75 Å². The van der Waals surface area contributed by atoms with Crippen molar-refractivity contribution in [2.24, 2.45) is 0 Å². The summed E-state index contributed by atoms with van der Waals surface area (Å²) >= 11 is 3.37. The number of ether oxygens (including phenoxy) is 1. The summed E-state index contributed by atoms with van der Waals surface area (Å²) in [7, 11) is 0. The van der Waals surface area contributed by atoms with E-state index in [1.165, 1.54) is 0 Å². The first-order valence-corrected chi connectivity index (χ1v) is 6.45. The number of rotatable bonds is 4. The van der Waals surface area contributed by atoms with Gasteiger partial charge in [0.1, 0.15) is 12.4 Å². The van der Waals surface area contributed by atoms with Gasteiger partial charge >= 0.3 is 0 Å². The van der Waals surface area contributed by atoms with Crippen LogP contribution in [0, 0.1) is 0 Å². The van der Waals surface area contributed by atoms with Gasteiger partial charge in [0.25, 0.3) is 0 Å². The summed E-state index contributed by atoms with van der Waals surface area (Å²) in [6.07, 6.45) is 3.06. The minimum atomic E-state index is -0.451. The number of benzene rings is 1. The van der Waals surface area contributed by atoms with E-state index in [4.69, 9.17) is 4.74 Å². The van der Waals surface area contributed by atoms with Crippen LogP contribution in [0.15, 0.2) is 47.2 Å². The molecule has 1 aromatic heterocycles. The predicted molar refractivity (Wildman–Crippen MR) is 73.3 cm³/mol. The number of aliphatic hydroxyl groups excluding tert-OH is 1. The second-order valence-corrected chi connectivity index (χ2v) is 4.96. The third-order valence-corrected chi connectivity index (χ3v) is 2.96. The van der Waals surface area contributed by atoms with E-state index in [9.17, 15) is 5.11 Å². The van der Waals surface area contributed by atoms with Crippen LogP contribution >= 0.6 is 15.9 Å². The van der Waals surface area contributed by atoms with Crippen molar-refractivity contribution in [3.05, 3.63) is 58.3 Å². The van der Waals surface area contributed by atoms with Crippen molar-refractivity contribution >= 4 is 15.9 Å². The van der Waals surface area contributed by atoms with Gasteiger partial charge in [-0.25, -0.2) is 0 Å². The van der Waals surface area contributed by atoms with E-state index in [2.05, 4.69) is 20.9 Å². The molecular weight excluding hydrogens is 294 g/mol. The zero-order valence-electron chi connectivity index (χ0n) is 10.0. The number of halogens is 1. The molecule has 0 fully saturated rings. The van der Waals surface area contributed by atoms with Crippen molar-refractivity contribution in [2.45, 2.75) is 19.6 Å². The Balaban J connectivity index is 1.98. The van der Waals surface area contributed by atoms with E-state index in [0.717, 1.165) is 21.3 Å². The van der Waals surface area contributed by atoms with E-state index in [1.807, 2.05) is 30.3 Å². The lowest BCUT2D eigenvalue weighted by Crippen LogP contribution is -1.97. The average molecular weight is 308 g/mol. The molecule has 0 spiro atoms. The Kier molecular flexibility index (Phi) is 4.33. The summed E-state index contributed by atoms with van der Waals surface area (Å²) in [6.45, 7) is 2.21. The van der Waals surface area contributed by atoms with E-state index in [1.54, 1.807) is 19.3 Å². The van der Waals surface area contributed by atoms with Crippen LogP contribution in [0.25, 0.3) is 0 Å². The lowest BCUT2D eigenvalue weighted by Gasteiger charge is -2.08. The maximum atomic E-state index is 9.40. The van der Waals surface area contributed by atoms with Crippen molar-refractivity contribution in [1.82, 2.24) is 4.98 Å². The molecule has 1 unspecified atom stereocenters. The molecule has 0 bridgehead atoms. The fraction of sp³-hybridized carbons (Fsp3) is 0.214. The Morgan fingerprint density at radius 3 is 2.61 bits per heavy atom. The minimum Gasteiger partial charge on any atom is -0.489 e. The van der Waals surface area contributed by atoms with Crippen molar-refractivity contribution in [3.63, 3.8) is 0 Å². The molecule has 1 aromatic carbocycles. The SMILES string of the molecule is CC(O)c1ccc(OCc2cncc(Br)c2)cc1. The molecule has 0 radical (unpaired) electrons. The molecule has 2 aromatic rings. The molecule has 2 rings (SSSR count). The van der Waals surface area contributed by atoms with E-state index >= 15 is 0 Å². The molecule has 0 saturated heterocycles. The van der Waals surface area contributed by atoms with Gasteiger partial charge in [-0.05, 0) is 46.6 Å². The third-order valence-electron chi connectivity index (χ3n) is 2.53. The molecule has 0 aliphatic carbocycles. The maximum absolute atomic E-state index is 9.40. The van der Waals surface area contributed by atoms with Crippen molar-refractivity contribution in [2.75, 3.05) is 0 Å². The van der Waals surface area contributed by atoms with Gasteiger partial charge in [-0.15, -0.1) is 0 Å². The molecule has 1 atom stereocenters. The smallest absolute Gasteiger partial charge is 0.119 e. The zero-order valence-corrected chi connectivity index (χ0v) is 11.6. The summed E-state index contributed by atoms with van der Waals surface area (Å²) in [5.41, 5.74) is 1.88. The Morgan fingerprint density at radius 1 is 1.28 bits per heavy atom. The number of pyridine rings is 1. The summed E-state index contributed by atoms with van der Waals surface area (Å²) in [5.74, 6) is 0.777. The highest BCUT2D eigenvalue weighted by atomic mass is 79.9. The predicted octanol–water partition coefficient (Wildman–Crippen LogP) is 3.48. The van der Waals surface area contributed by atoms with E-state index < -0.39 is 6.10 Å². The molecule has 0 amide bonds. The van der Waals surface area contributed by atoms with Crippen LogP contribution in [0.2, 0.25) is 0 Å². The number of aromatic nitrogens is 1. The number of nitrogens with zero attached hydrogens (tertiary/aromatic N) is 1. The molecule has 18 heavy (non-hydrogen) atoms. The second-order valence-electron chi connectivity index (χ2n) is 4.05. The lowest BCUT2D eigenvalue weighted by atomic mass is 10.1. The van der Waals surface area contributed by atoms with Gasteiger partial charge in [0.05, 0.1) is 6.10 Å². The van der Waals surface area contributed by atoms with E-state index in [-0.39, 0.29) is 0 Å². The monoisotopic (exact) mass is 307 g/mol. The number of aliphatic hydroxyl groups is 1. The summed E-state index contributed by atoms with van der Waals surface area (Å²) < 4.78 is 6.58. The van der Waals surface area contributed by atoms with Crippen LogP contribution in [0.3, 0.4) is 0 Å². The van der Waals surface area contributed by atoms with Gasteiger partial charge in [-0.3, -0.25) is 4.98 Å². The lowest BCUT2D eigenvalue weighted by molar-refractivity contribution is 0.199. The summed E-state index contributed by atoms with van der Waals surface area (Å²) in [6, 6.07) is 9.40. The number of hydrogen-bond donors (Lipinski definition) is 1. The fourth-order valence-electron chi connectivity index (χ4n) is 1.54. The Bertz CT molecular complexity index is 511. The first-order chi connectivity index (χ1) is 8.65. The molecule has 1 N–H and O–H groups in total. The Hall–Kier alpha value is -1.39. The average Bonchev–Trinajstić information content (AvgIpc) is 2.37. The van der Waals surface area contributed by atoms with Crippen LogP contribution in [-0.2, 0) is 6.61 Å². The molecular formula is C14H14BrNO2. The summed E-state index contributed by atoms with van der Waals surface area (Å²) in [4.78, 5) is 4.07. The normalized spacial score (nSPS) is 12.2. The maximum Gasteiger partial charge on any atom is 0.119 e. The molecule has 3 nitrogen and oxygen atoms in total. The van der Waals surface area contributed by atoms with Gasteiger partial charge < -0.3 is 9.84 Å². The van der Waals surface area contributed by atoms with Crippen molar-refractivity contribution < 1.29 is 9.84 Å². The quantitative estimate of drug-likeness (QED) is 0.940. The molecule has 4 heteroatoms. The molecule has 0 aliphatic rings. The molecule has 0 aliphatic heterocycles. The summed E-state index contributed by atoms with van der Waals surface area (Å²) in [5, 5.41) is 9.40. The van der Waals surface area contributed by atoms with Gasteiger partial charge in [0.15, 0.2) is 0 Å². The topological polar surface area (TPSA) is 42.4 Å². The highest BCUT2D eigenvalue weighted by molar-refractivity contribution is 9.10.